The molecule has 3 fully saturated rings. The second-order valence-corrected chi connectivity index (χ2v) is 5.80. The lowest BCUT2D eigenvalue weighted by Crippen LogP contribution is -2.59. The predicted octanol–water partition coefficient (Wildman–Crippen LogP) is 1.47. The maximum absolute atomic E-state index is 11.0. The highest BCUT2D eigenvalue weighted by Crippen LogP contribution is 2.70. The quantitative estimate of drug-likeness (QED) is 0.740. The van der Waals surface area contributed by atoms with Crippen LogP contribution in [0.5, 0.6) is 0 Å². The third kappa shape index (κ3) is 1.07. The zero-order valence-electron chi connectivity index (χ0n) is 8.98. The molecule has 3 rings (SSSR count). The number of hydrogen-bond donors (Lipinski definition) is 2. The van der Waals surface area contributed by atoms with Crippen LogP contribution in [0.4, 0.5) is 0 Å². The Morgan fingerprint density at radius 3 is 2.80 bits per heavy atom. The van der Waals surface area contributed by atoms with Gasteiger partial charge in [0.2, 0.25) is 0 Å². The molecule has 3 aliphatic rings. The summed E-state index contributed by atoms with van der Waals surface area (Å²) < 4.78 is 0. The van der Waals surface area contributed by atoms with Gasteiger partial charge in [-0.2, -0.15) is 0 Å². The van der Waals surface area contributed by atoms with E-state index in [0.29, 0.717) is 24.8 Å². The van der Waals surface area contributed by atoms with Gasteiger partial charge in [-0.15, -0.1) is 0 Å². The Hall–Kier alpha value is -0.570. The maximum Gasteiger partial charge on any atom is 0.303 e. The van der Waals surface area contributed by atoms with E-state index in [2.05, 4.69) is 0 Å². The molecule has 0 heterocycles. The van der Waals surface area contributed by atoms with E-state index in [9.17, 15) is 4.79 Å². The van der Waals surface area contributed by atoms with Gasteiger partial charge in [-0.05, 0) is 54.9 Å². The summed E-state index contributed by atoms with van der Waals surface area (Å²) in [4.78, 5) is 11.0. The second kappa shape index (κ2) is 2.97. The number of rotatable bonds is 3. The minimum Gasteiger partial charge on any atom is -0.481 e. The van der Waals surface area contributed by atoms with E-state index in [0.717, 1.165) is 11.8 Å². The fraction of sp³-hybridized carbons (Fsp3) is 0.917. The van der Waals surface area contributed by atoms with Crippen molar-refractivity contribution in [2.75, 3.05) is 6.54 Å². The van der Waals surface area contributed by atoms with Crippen LogP contribution in [0.25, 0.3) is 0 Å². The Labute approximate surface area is 90.0 Å². The van der Waals surface area contributed by atoms with Gasteiger partial charge in [-0.25, -0.2) is 0 Å². The number of hydrogen-bond acceptors (Lipinski definition) is 2. The van der Waals surface area contributed by atoms with Crippen molar-refractivity contribution in [1.82, 2.24) is 0 Å². The Kier molecular flexibility index (Phi) is 1.91. The monoisotopic (exact) mass is 209 g/mol. The molecule has 0 aromatic carbocycles. The molecule has 3 nitrogen and oxygen atoms in total. The fourth-order valence-corrected chi connectivity index (χ4v) is 4.94. The third-order valence-corrected chi connectivity index (χ3v) is 5.45. The van der Waals surface area contributed by atoms with Crippen LogP contribution < -0.4 is 5.73 Å². The first-order valence-corrected chi connectivity index (χ1v) is 6.09. The van der Waals surface area contributed by atoms with Crippen LogP contribution in [0, 0.1) is 29.1 Å². The molecule has 2 bridgehead atoms. The molecule has 0 aromatic heterocycles. The molecule has 0 aromatic rings. The van der Waals surface area contributed by atoms with Crippen LogP contribution in [-0.4, -0.2) is 17.6 Å². The average Bonchev–Trinajstić information content (AvgIpc) is 2.40. The summed E-state index contributed by atoms with van der Waals surface area (Å²) in [6.07, 6.45) is 5.47. The summed E-state index contributed by atoms with van der Waals surface area (Å²) in [6, 6.07) is 0. The molecule has 0 saturated heterocycles. The van der Waals surface area contributed by atoms with Crippen molar-refractivity contribution in [3.63, 3.8) is 0 Å². The summed E-state index contributed by atoms with van der Waals surface area (Å²) in [5.41, 5.74) is 5.87. The van der Waals surface area contributed by atoms with Gasteiger partial charge in [0.05, 0.1) is 6.42 Å². The van der Waals surface area contributed by atoms with Gasteiger partial charge in [0.15, 0.2) is 0 Å². The molecule has 3 saturated carbocycles. The van der Waals surface area contributed by atoms with Crippen LogP contribution in [0.2, 0.25) is 0 Å². The summed E-state index contributed by atoms with van der Waals surface area (Å²) in [5.74, 6) is 2.32. The Morgan fingerprint density at radius 1 is 1.33 bits per heavy atom. The van der Waals surface area contributed by atoms with Gasteiger partial charge >= 0.3 is 5.97 Å². The van der Waals surface area contributed by atoms with E-state index in [1.165, 1.54) is 25.7 Å². The molecule has 3 N–H and O–H groups in total. The van der Waals surface area contributed by atoms with Crippen LogP contribution >= 0.6 is 0 Å². The highest BCUT2D eigenvalue weighted by molar-refractivity contribution is 5.68. The molecule has 0 radical (unpaired) electrons. The van der Waals surface area contributed by atoms with Gasteiger partial charge in [-0.3, -0.25) is 4.79 Å². The standard InChI is InChI=1S/C12H19NO2/c13-6-12(5-11(14)15)9-2-1-7-3-8(9)10(12)4-7/h7-10H,1-6,13H2,(H,14,15)/t7-,8-,9+,10-,12-/m0/s1. The van der Waals surface area contributed by atoms with Crippen molar-refractivity contribution in [3.05, 3.63) is 0 Å². The lowest BCUT2D eigenvalue weighted by molar-refractivity contribution is -0.156. The molecular formula is C12H19NO2. The molecule has 0 spiro atoms. The largest absolute Gasteiger partial charge is 0.481 e. The molecule has 0 aliphatic heterocycles. The Bertz CT molecular complexity index is 296. The third-order valence-electron chi connectivity index (χ3n) is 5.45. The normalized spacial score (nSPS) is 51.3. The van der Waals surface area contributed by atoms with Gasteiger partial charge in [-0.1, -0.05) is 6.42 Å². The van der Waals surface area contributed by atoms with E-state index in [1.54, 1.807) is 0 Å². The Morgan fingerprint density at radius 2 is 2.13 bits per heavy atom. The van der Waals surface area contributed by atoms with Gasteiger partial charge in [0, 0.05) is 0 Å². The van der Waals surface area contributed by atoms with Gasteiger partial charge < -0.3 is 10.8 Å². The van der Waals surface area contributed by atoms with Crippen molar-refractivity contribution in [2.45, 2.75) is 32.1 Å². The molecule has 0 amide bonds. The average molecular weight is 209 g/mol. The first-order chi connectivity index (χ1) is 7.17. The number of carbonyl (C=O) groups is 1. The minimum atomic E-state index is -0.658. The lowest BCUT2D eigenvalue weighted by Gasteiger charge is -2.59. The second-order valence-electron chi connectivity index (χ2n) is 5.80. The molecule has 15 heavy (non-hydrogen) atoms. The van der Waals surface area contributed by atoms with Crippen molar-refractivity contribution < 1.29 is 9.90 Å². The van der Waals surface area contributed by atoms with E-state index in [1.807, 2.05) is 0 Å². The van der Waals surface area contributed by atoms with Crippen molar-refractivity contribution in [2.24, 2.45) is 34.8 Å². The number of carboxylic acids is 1. The molecule has 5 atom stereocenters. The topological polar surface area (TPSA) is 63.3 Å². The van der Waals surface area contributed by atoms with E-state index in [4.69, 9.17) is 10.8 Å². The highest BCUT2D eigenvalue weighted by atomic mass is 16.4. The van der Waals surface area contributed by atoms with Crippen LogP contribution in [-0.2, 0) is 4.79 Å². The summed E-state index contributed by atoms with van der Waals surface area (Å²) in [7, 11) is 0. The van der Waals surface area contributed by atoms with Crippen LogP contribution in [0.3, 0.4) is 0 Å². The molecule has 84 valence electrons. The number of aliphatic carboxylic acids is 1. The maximum atomic E-state index is 11.0. The predicted molar refractivity (Wildman–Crippen MR) is 56.2 cm³/mol. The Balaban J connectivity index is 1.88. The summed E-state index contributed by atoms with van der Waals surface area (Å²) in [5, 5.41) is 9.04. The van der Waals surface area contributed by atoms with Gasteiger partial charge in [0.25, 0.3) is 0 Å². The summed E-state index contributed by atoms with van der Waals surface area (Å²) in [6.45, 7) is 0.581. The van der Waals surface area contributed by atoms with E-state index in [-0.39, 0.29) is 5.41 Å². The van der Waals surface area contributed by atoms with Crippen molar-refractivity contribution >= 4 is 5.97 Å². The molecule has 0 unspecified atom stereocenters. The number of fused-ring (bicyclic) bond motifs is 1. The zero-order chi connectivity index (χ0) is 10.6. The van der Waals surface area contributed by atoms with Crippen LogP contribution in [0.15, 0.2) is 0 Å². The lowest BCUT2D eigenvalue weighted by atomic mass is 9.45. The van der Waals surface area contributed by atoms with Crippen LogP contribution in [0.1, 0.15) is 32.1 Å². The van der Waals surface area contributed by atoms with Crippen molar-refractivity contribution in [1.29, 1.82) is 0 Å². The smallest absolute Gasteiger partial charge is 0.303 e. The molecular weight excluding hydrogens is 190 g/mol. The molecule has 3 heteroatoms. The zero-order valence-corrected chi connectivity index (χ0v) is 8.98. The van der Waals surface area contributed by atoms with E-state index >= 15 is 0 Å². The first kappa shape index (κ1) is 9.64. The van der Waals surface area contributed by atoms with Gasteiger partial charge in [0.1, 0.15) is 0 Å². The van der Waals surface area contributed by atoms with Crippen molar-refractivity contribution in [3.8, 4) is 0 Å². The first-order valence-electron chi connectivity index (χ1n) is 6.09. The summed E-state index contributed by atoms with van der Waals surface area (Å²) >= 11 is 0. The minimum absolute atomic E-state index is 0.0260. The number of nitrogens with two attached hydrogens (primary N) is 1. The highest BCUT2D eigenvalue weighted by Gasteiger charge is 2.65. The molecule has 3 aliphatic carbocycles. The SMILES string of the molecule is NC[C@@]1(CC(=O)O)[C@@H]2CC[C@H]3C[C@@H]2[C@@H]1C3. The fourth-order valence-electron chi connectivity index (χ4n) is 4.94. The van der Waals surface area contributed by atoms with E-state index < -0.39 is 5.97 Å². The number of carboxylic acid groups (broad SMARTS) is 1.